The molecule has 0 saturated carbocycles. The predicted molar refractivity (Wildman–Crippen MR) is 75.9 cm³/mol. The lowest BCUT2D eigenvalue weighted by molar-refractivity contribution is -0.125. The van der Waals surface area contributed by atoms with E-state index in [4.69, 9.17) is 4.74 Å². The second-order valence-electron chi connectivity index (χ2n) is 6.35. The molecule has 2 amide bonds. The van der Waals surface area contributed by atoms with Crippen LogP contribution in [0.5, 0.6) is 0 Å². The molecule has 2 atom stereocenters. The molecule has 0 saturated heterocycles. The van der Waals surface area contributed by atoms with Gasteiger partial charge in [0.2, 0.25) is 5.91 Å². The van der Waals surface area contributed by atoms with Crippen LogP contribution >= 0.6 is 0 Å². The van der Waals surface area contributed by atoms with E-state index in [2.05, 4.69) is 10.6 Å². The fourth-order valence-corrected chi connectivity index (χ4v) is 1.63. The zero-order chi connectivity index (χ0) is 15.2. The molecule has 0 fully saturated rings. The van der Waals surface area contributed by atoms with Crippen molar-refractivity contribution in [3.8, 4) is 0 Å². The molecule has 0 aromatic carbocycles. The van der Waals surface area contributed by atoms with Crippen LogP contribution in [-0.4, -0.2) is 29.7 Å². The molecule has 0 aliphatic rings. The minimum Gasteiger partial charge on any atom is -0.444 e. The number of hydrogen-bond acceptors (Lipinski definition) is 3. The molecule has 19 heavy (non-hydrogen) atoms. The number of rotatable bonds is 5. The van der Waals surface area contributed by atoms with Gasteiger partial charge in [-0.1, -0.05) is 6.92 Å². The van der Waals surface area contributed by atoms with Crippen LogP contribution in [0.1, 0.15) is 54.9 Å². The monoisotopic (exact) mass is 272 g/mol. The van der Waals surface area contributed by atoms with Crippen molar-refractivity contribution in [2.24, 2.45) is 5.92 Å². The molecule has 0 spiro atoms. The molecule has 0 aromatic rings. The zero-order valence-corrected chi connectivity index (χ0v) is 13.2. The summed E-state index contributed by atoms with van der Waals surface area (Å²) in [6.45, 7) is 13.0. The molecule has 0 aromatic heterocycles. The lowest BCUT2D eigenvalue weighted by atomic mass is 10.0. The summed E-state index contributed by atoms with van der Waals surface area (Å²) in [5, 5.41) is 5.59. The summed E-state index contributed by atoms with van der Waals surface area (Å²) >= 11 is 0. The van der Waals surface area contributed by atoms with Crippen molar-refractivity contribution in [3.63, 3.8) is 0 Å². The molecule has 0 aliphatic carbocycles. The van der Waals surface area contributed by atoms with Gasteiger partial charge in [-0.05, 0) is 48.0 Å². The third-order valence-corrected chi connectivity index (χ3v) is 2.35. The Morgan fingerprint density at radius 2 is 1.58 bits per heavy atom. The van der Waals surface area contributed by atoms with Crippen LogP contribution in [0.2, 0.25) is 0 Å². The van der Waals surface area contributed by atoms with Crippen LogP contribution in [0.3, 0.4) is 0 Å². The molecule has 0 bridgehead atoms. The van der Waals surface area contributed by atoms with Crippen molar-refractivity contribution in [2.45, 2.75) is 72.6 Å². The fourth-order valence-electron chi connectivity index (χ4n) is 1.63. The zero-order valence-electron chi connectivity index (χ0n) is 13.2. The molecule has 112 valence electrons. The topological polar surface area (TPSA) is 67.4 Å². The van der Waals surface area contributed by atoms with E-state index in [0.717, 1.165) is 0 Å². The van der Waals surface area contributed by atoms with E-state index < -0.39 is 11.7 Å². The summed E-state index contributed by atoms with van der Waals surface area (Å²) in [5.41, 5.74) is -0.509. The van der Waals surface area contributed by atoms with Crippen LogP contribution < -0.4 is 10.6 Å². The van der Waals surface area contributed by atoms with E-state index in [1.54, 1.807) is 0 Å². The van der Waals surface area contributed by atoms with Gasteiger partial charge in [0.05, 0.1) is 0 Å². The van der Waals surface area contributed by atoms with Crippen molar-refractivity contribution in [3.05, 3.63) is 0 Å². The lowest BCUT2D eigenvalue weighted by Gasteiger charge is -2.23. The maximum absolute atomic E-state index is 11.7. The van der Waals surface area contributed by atoms with Gasteiger partial charge in [0, 0.05) is 18.0 Å². The first-order chi connectivity index (χ1) is 8.51. The number of carbonyl (C=O) groups excluding carboxylic acids is 2. The van der Waals surface area contributed by atoms with Crippen molar-refractivity contribution < 1.29 is 14.3 Å². The normalized spacial score (nSPS) is 14.7. The highest BCUT2D eigenvalue weighted by Gasteiger charge is 2.21. The highest BCUT2D eigenvalue weighted by molar-refractivity contribution is 5.78. The first-order valence-corrected chi connectivity index (χ1v) is 6.81. The molecule has 2 N–H and O–H groups in total. The minimum atomic E-state index is -0.509. The van der Waals surface area contributed by atoms with Crippen LogP contribution in [0.25, 0.3) is 0 Å². The van der Waals surface area contributed by atoms with Gasteiger partial charge in [-0.25, -0.2) is 4.79 Å². The highest BCUT2D eigenvalue weighted by Crippen LogP contribution is 2.09. The Kier molecular flexibility index (Phi) is 6.87. The summed E-state index contributed by atoms with van der Waals surface area (Å²) < 4.78 is 5.16. The first-order valence-electron chi connectivity index (χ1n) is 6.81. The summed E-state index contributed by atoms with van der Waals surface area (Å²) in [4.78, 5) is 23.3. The van der Waals surface area contributed by atoms with Crippen molar-refractivity contribution in [1.82, 2.24) is 10.6 Å². The van der Waals surface area contributed by atoms with Crippen LogP contribution in [0, 0.1) is 5.92 Å². The van der Waals surface area contributed by atoms with Gasteiger partial charge in [-0.2, -0.15) is 0 Å². The van der Waals surface area contributed by atoms with Gasteiger partial charge in [-0.3, -0.25) is 4.79 Å². The van der Waals surface area contributed by atoms with Gasteiger partial charge < -0.3 is 15.4 Å². The Balaban J connectivity index is 4.13. The van der Waals surface area contributed by atoms with Gasteiger partial charge in [0.25, 0.3) is 0 Å². The van der Waals surface area contributed by atoms with Crippen LogP contribution in [0.15, 0.2) is 0 Å². The van der Waals surface area contributed by atoms with E-state index in [1.807, 2.05) is 48.5 Å². The number of alkyl carbamates (subject to hydrolysis) is 1. The molecule has 0 unspecified atom stereocenters. The van der Waals surface area contributed by atoms with E-state index in [-0.39, 0.29) is 23.9 Å². The molecule has 0 radical (unpaired) electrons. The quantitative estimate of drug-likeness (QED) is 0.808. The maximum Gasteiger partial charge on any atom is 0.407 e. The van der Waals surface area contributed by atoms with E-state index in [1.165, 1.54) is 0 Å². The largest absolute Gasteiger partial charge is 0.444 e. The second-order valence-corrected chi connectivity index (χ2v) is 6.35. The Morgan fingerprint density at radius 3 is 2.00 bits per heavy atom. The van der Waals surface area contributed by atoms with Crippen molar-refractivity contribution in [2.75, 3.05) is 0 Å². The summed E-state index contributed by atoms with van der Waals surface area (Å²) in [5.74, 6) is -0.139. The standard InChI is InChI=1S/C14H28N2O3/c1-9(2)15-12(17)10(3)8-11(4)16-13(18)19-14(5,6)7/h9-11H,8H2,1-7H3,(H,15,17)(H,16,18)/t10-,11+/m1/s1. The molecular formula is C14H28N2O3. The Morgan fingerprint density at radius 1 is 1.05 bits per heavy atom. The van der Waals surface area contributed by atoms with Gasteiger partial charge >= 0.3 is 6.09 Å². The number of ether oxygens (including phenoxy) is 1. The molecule has 5 nitrogen and oxygen atoms in total. The molecular weight excluding hydrogens is 244 g/mol. The third-order valence-electron chi connectivity index (χ3n) is 2.35. The second kappa shape index (κ2) is 7.36. The fraction of sp³-hybridized carbons (Fsp3) is 0.857. The number of carbonyl (C=O) groups is 2. The Labute approximate surface area is 116 Å². The van der Waals surface area contributed by atoms with E-state index >= 15 is 0 Å². The first kappa shape index (κ1) is 17.7. The van der Waals surface area contributed by atoms with Gasteiger partial charge in [0.15, 0.2) is 0 Å². The van der Waals surface area contributed by atoms with Gasteiger partial charge in [0.1, 0.15) is 5.60 Å². The molecule has 0 heterocycles. The summed E-state index contributed by atoms with van der Waals surface area (Å²) in [7, 11) is 0. The van der Waals surface area contributed by atoms with E-state index in [0.29, 0.717) is 6.42 Å². The minimum absolute atomic E-state index is 0.00726. The molecule has 0 rings (SSSR count). The average Bonchev–Trinajstić information content (AvgIpc) is 2.11. The number of amides is 2. The Bertz CT molecular complexity index is 308. The predicted octanol–water partition coefficient (Wildman–Crippen LogP) is 2.45. The number of nitrogens with one attached hydrogen (secondary N) is 2. The smallest absolute Gasteiger partial charge is 0.407 e. The van der Waals surface area contributed by atoms with Crippen LogP contribution in [-0.2, 0) is 9.53 Å². The molecule has 5 heteroatoms. The van der Waals surface area contributed by atoms with Gasteiger partial charge in [-0.15, -0.1) is 0 Å². The summed E-state index contributed by atoms with van der Waals surface area (Å²) in [6.07, 6.45) is 0.133. The average molecular weight is 272 g/mol. The lowest BCUT2D eigenvalue weighted by Crippen LogP contribution is -2.41. The van der Waals surface area contributed by atoms with Crippen LogP contribution in [0.4, 0.5) is 4.79 Å². The van der Waals surface area contributed by atoms with Crippen molar-refractivity contribution in [1.29, 1.82) is 0 Å². The van der Waals surface area contributed by atoms with Crippen molar-refractivity contribution >= 4 is 12.0 Å². The SMILES string of the molecule is CC(C)NC(=O)[C@H](C)C[C@H](C)NC(=O)OC(C)(C)C. The maximum atomic E-state index is 11.7. The number of hydrogen-bond donors (Lipinski definition) is 2. The highest BCUT2D eigenvalue weighted by atomic mass is 16.6. The van der Waals surface area contributed by atoms with E-state index in [9.17, 15) is 9.59 Å². The summed E-state index contributed by atoms with van der Waals surface area (Å²) in [6, 6.07) is 0.0202. The molecule has 0 aliphatic heterocycles. The third kappa shape index (κ3) is 9.33. The Hall–Kier alpha value is -1.26.